The molecule has 6 N–H and O–H groups in total. The van der Waals surface area contributed by atoms with Crippen LogP contribution in [0.25, 0.3) is 0 Å². The summed E-state index contributed by atoms with van der Waals surface area (Å²) in [6.45, 7) is 2.27. The Morgan fingerprint density at radius 2 is 1.03 bits per heavy atom. The fourth-order valence-corrected chi connectivity index (χ4v) is 8.46. The van der Waals surface area contributed by atoms with E-state index >= 15 is 0 Å². The molecule has 0 radical (unpaired) electrons. The molecule has 1 unspecified atom stereocenters. The second kappa shape index (κ2) is 34.7. The molecule has 406 valence electrons. The first kappa shape index (κ1) is 60.8. The zero-order chi connectivity index (χ0) is 54.1. The van der Waals surface area contributed by atoms with Crippen LogP contribution in [-0.2, 0) is 71.9 Å². The van der Waals surface area contributed by atoms with E-state index in [1.54, 1.807) is 85.8 Å². The van der Waals surface area contributed by atoms with Crippen LogP contribution in [0.4, 0.5) is 4.39 Å². The molecule has 0 fully saturated rings. The molecule has 4 rings (SSSR count). The molecule has 0 bridgehead atoms. The first-order chi connectivity index (χ1) is 36.2. The van der Waals surface area contributed by atoms with E-state index in [4.69, 9.17) is 18.7 Å². The molecule has 0 heterocycles. The van der Waals surface area contributed by atoms with Crippen molar-refractivity contribution in [3.63, 3.8) is 0 Å². The predicted molar refractivity (Wildman–Crippen MR) is 277 cm³/mol. The molecule has 0 aromatic heterocycles. The smallest absolute Gasteiger partial charge is 0.403 e. The van der Waals surface area contributed by atoms with Crippen molar-refractivity contribution < 1.29 is 66.1 Å². The van der Waals surface area contributed by atoms with Crippen LogP contribution in [0.5, 0.6) is 0 Å². The quantitative estimate of drug-likeness (QED) is 0.0112. The van der Waals surface area contributed by atoms with Crippen molar-refractivity contribution in [2.24, 2.45) is 0 Å². The number of benzene rings is 4. The highest BCUT2D eigenvalue weighted by Crippen LogP contribution is 2.38. The van der Waals surface area contributed by atoms with Gasteiger partial charge in [-0.1, -0.05) is 104 Å². The number of hydrogen-bond donors (Lipinski definition) is 6. The number of esters is 3. The third kappa shape index (κ3) is 26.8. The summed E-state index contributed by atoms with van der Waals surface area (Å²) in [6.07, 6.45) is 4.22. The normalized spacial score (nSPS) is 12.9. The van der Waals surface area contributed by atoms with Crippen molar-refractivity contribution >= 4 is 49.3 Å². The molecular formula is C55H71FN5O13P. The van der Waals surface area contributed by atoms with E-state index in [2.05, 4.69) is 26.4 Å². The molecule has 0 aliphatic rings. The average Bonchev–Trinajstić information content (AvgIpc) is 3.40. The minimum Gasteiger partial charge on any atom is -0.461 e. The van der Waals surface area contributed by atoms with Crippen molar-refractivity contribution in [1.29, 1.82) is 0 Å². The summed E-state index contributed by atoms with van der Waals surface area (Å²) in [6, 6.07) is 29.3. The van der Waals surface area contributed by atoms with Gasteiger partial charge in [0.2, 0.25) is 17.7 Å². The summed E-state index contributed by atoms with van der Waals surface area (Å²) in [5.41, 5.74) is 2.59. The van der Waals surface area contributed by atoms with Gasteiger partial charge in [0, 0.05) is 50.4 Å². The number of carbonyl (C=O) groups excluding carboxylic acids is 7. The van der Waals surface area contributed by atoms with Gasteiger partial charge >= 0.3 is 25.7 Å². The molecule has 20 heteroatoms. The monoisotopic (exact) mass is 1060 g/mol. The van der Waals surface area contributed by atoms with E-state index < -0.39 is 61.4 Å². The molecule has 0 aliphatic carbocycles. The van der Waals surface area contributed by atoms with Gasteiger partial charge in [-0.2, -0.15) is 0 Å². The van der Waals surface area contributed by atoms with Crippen LogP contribution in [0, 0.1) is 5.82 Å². The molecule has 4 amide bonds. The largest absolute Gasteiger partial charge is 0.461 e. The summed E-state index contributed by atoms with van der Waals surface area (Å²) in [4.78, 5) is 100. The zero-order valence-corrected chi connectivity index (χ0v) is 43.4. The number of rotatable bonds is 36. The number of amides is 4. The van der Waals surface area contributed by atoms with Crippen LogP contribution in [0.15, 0.2) is 115 Å². The molecule has 0 saturated heterocycles. The van der Waals surface area contributed by atoms with Crippen LogP contribution in [0.1, 0.15) is 124 Å². The number of nitrogens with one attached hydrogen (secondary N) is 5. The van der Waals surface area contributed by atoms with E-state index in [0.717, 1.165) is 17.5 Å². The number of unbranched alkanes of at least 4 members (excludes halogenated alkanes) is 4. The standard InChI is InChI=1S/C55H71FN5O13P/c1-41(18-17-37-74-75(69,70)61-48(55(68)73-40-44-23-11-4-12-24-44)32-34-52(65)71-38-42-19-7-2-8-20-42)59-51(64)33-31-47(54(67)72-39-43-21-9-3-10-22-43)60-50(63)26-14-6-15-35-57-49(62)25-13-5-16-36-58-53(66)45-27-29-46(56)30-28-45/h2-4,7-12,19-24,27-30,41,47-48H,5-6,13-18,25-26,31-40H2,1H3,(H,57,62)(H,58,66)(H,59,64)(H,60,63)(H2,61,69,70)/t41-,47+,48+/m1/s1. The van der Waals surface area contributed by atoms with E-state index in [1.807, 2.05) is 12.1 Å². The van der Waals surface area contributed by atoms with Gasteiger partial charge in [0.15, 0.2) is 0 Å². The number of ether oxygens (including phenoxy) is 3. The Morgan fingerprint density at radius 1 is 0.533 bits per heavy atom. The van der Waals surface area contributed by atoms with Crippen LogP contribution in [-0.4, -0.2) is 84.3 Å². The molecule has 0 spiro atoms. The lowest BCUT2D eigenvalue weighted by Crippen LogP contribution is -2.43. The summed E-state index contributed by atoms with van der Waals surface area (Å²) < 4.78 is 47.7. The lowest BCUT2D eigenvalue weighted by molar-refractivity contribution is -0.150. The van der Waals surface area contributed by atoms with Gasteiger partial charge in [0.25, 0.3) is 5.91 Å². The first-order valence-corrected chi connectivity index (χ1v) is 27.0. The van der Waals surface area contributed by atoms with Crippen LogP contribution in [0.3, 0.4) is 0 Å². The highest BCUT2D eigenvalue weighted by Gasteiger charge is 2.31. The van der Waals surface area contributed by atoms with Crippen LogP contribution < -0.4 is 26.4 Å². The summed E-state index contributed by atoms with van der Waals surface area (Å²) in [5, 5.41) is 13.5. The predicted octanol–water partition coefficient (Wildman–Crippen LogP) is 7.43. The third-order valence-corrected chi connectivity index (χ3v) is 12.7. The van der Waals surface area contributed by atoms with E-state index in [0.29, 0.717) is 69.2 Å². The maximum atomic E-state index is 13.2. The highest BCUT2D eigenvalue weighted by molar-refractivity contribution is 7.50. The second-order valence-electron chi connectivity index (χ2n) is 17.9. The molecule has 18 nitrogen and oxygen atoms in total. The van der Waals surface area contributed by atoms with Crippen LogP contribution >= 0.6 is 7.75 Å². The molecule has 4 aromatic carbocycles. The molecule has 0 aliphatic heterocycles. The Labute approximate surface area is 438 Å². The Kier molecular flexibility index (Phi) is 28.1. The fraction of sp³-hybridized carbons (Fsp3) is 0.436. The molecule has 4 aromatic rings. The van der Waals surface area contributed by atoms with Crippen molar-refractivity contribution in [2.75, 3.05) is 19.7 Å². The highest BCUT2D eigenvalue weighted by atomic mass is 31.2. The molecule has 4 atom stereocenters. The molecule has 0 saturated carbocycles. The number of hydrogen-bond acceptors (Lipinski definition) is 12. The van der Waals surface area contributed by atoms with Crippen molar-refractivity contribution in [1.82, 2.24) is 26.4 Å². The van der Waals surface area contributed by atoms with Gasteiger partial charge in [-0.3, -0.25) is 33.3 Å². The van der Waals surface area contributed by atoms with Crippen LogP contribution in [0.2, 0.25) is 0 Å². The molecular weight excluding hydrogens is 989 g/mol. The van der Waals surface area contributed by atoms with Crippen molar-refractivity contribution in [3.8, 4) is 0 Å². The Hall–Kier alpha value is -6.79. The Morgan fingerprint density at radius 3 is 1.60 bits per heavy atom. The zero-order valence-electron chi connectivity index (χ0n) is 42.5. The van der Waals surface area contributed by atoms with Gasteiger partial charge in [-0.15, -0.1) is 0 Å². The first-order valence-electron chi connectivity index (χ1n) is 25.4. The maximum Gasteiger partial charge on any atom is 0.403 e. The Balaban J connectivity index is 1.14. The lowest BCUT2D eigenvalue weighted by atomic mass is 10.1. The second-order valence-corrected chi connectivity index (χ2v) is 19.5. The van der Waals surface area contributed by atoms with E-state index in [-0.39, 0.29) is 76.8 Å². The third-order valence-electron chi connectivity index (χ3n) is 11.5. The minimum absolute atomic E-state index is 0.0206. The summed E-state index contributed by atoms with van der Waals surface area (Å²) in [7, 11) is -4.61. The average molecular weight is 1060 g/mol. The van der Waals surface area contributed by atoms with E-state index in [9.17, 15) is 47.4 Å². The minimum atomic E-state index is -4.61. The maximum absolute atomic E-state index is 13.2. The summed E-state index contributed by atoms with van der Waals surface area (Å²) in [5.74, 6) is -3.75. The lowest BCUT2D eigenvalue weighted by Gasteiger charge is -2.21. The van der Waals surface area contributed by atoms with E-state index in [1.165, 1.54) is 24.3 Å². The SMILES string of the molecule is C[C@H](CCCOP(=O)(O)N[C@@H](CCC(=O)OCc1ccccc1)C(=O)OCc1ccccc1)NC(=O)CC[C@H](NC(=O)CCCCCNC(=O)CCCCCNC(=O)c1ccc(F)cc1)C(=O)OCc1ccccc1. The molecule has 75 heavy (non-hydrogen) atoms. The van der Waals surface area contributed by atoms with Crippen molar-refractivity contribution in [3.05, 3.63) is 143 Å². The summed E-state index contributed by atoms with van der Waals surface area (Å²) >= 11 is 0. The number of carbonyl (C=O) groups is 7. The van der Waals surface area contributed by atoms with Gasteiger partial charge < -0.3 is 40.4 Å². The Bertz CT molecular complexity index is 2420. The topological polar surface area (TPSA) is 254 Å². The number of halogens is 1. The fourth-order valence-electron chi connectivity index (χ4n) is 7.38. The van der Waals surface area contributed by atoms with Gasteiger partial charge in [0.05, 0.1) is 6.61 Å². The van der Waals surface area contributed by atoms with Gasteiger partial charge in [-0.05, 0) is 99.2 Å². The van der Waals surface area contributed by atoms with Crippen molar-refractivity contribution in [2.45, 2.75) is 135 Å². The van der Waals surface area contributed by atoms with Gasteiger partial charge in [-0.25, -0.2) is 18.8 Å². The van der Waals surface area contributed by atoms with Gasteiger partial charge in [0.1, 0.15) is 37.7 Å².